The van der Waals surface area contributed by atoms with Gasteiger partial charge in [-0.15, -0.1) is 0 Å². The molecule has 0 aromatic rings. The van der Waals surface area contributed by atoms with Gasteiger partial charge in [0.1, 0.15) is 0 Å². The number of allylic oxidation sites excluding steroid dienone is 2. The average Bonchev–Trinajstić information content (AvgIpc) is 2.58. The van der Waals surface area contributed by atoms with E-state index in [-0.39, 0.29) is 11.3 Å². The Bertz CT molecular complexity index is 318. The number of nitrogens with two attached hydrogens (primary N) is 1. The molecule has 0 aliphatic heterocycles. The fraction of sp³-hybridized carbons (Fsp3) is 0.864. The Morgan fingerprint density at radius 1 is 0.750 bits per heavy atom. The summed E-state index contributed by atoms with van der Waals surface area (Å²) in [4.78, 5) is 11.7. The number of hydrogen-bond donors (Lipinski definition) is 1. The van der Waals surface area contributed by atoms with Gasteiger partial charge in [0.05, 0.1) is 0 Å². The van der Waals surface area contributed by atoms with Crippen LogP contribution >= 0.6 is 0 Å². The molecule has 0 atom stereocenters. The number of amides is 1. The highest BCUT2D eigenvalue weighted by molar-refractivity contribution is 5.80. The van der Waals surface area contributed by atoms with Crippen molar-refractivity contribution in [1.82, 2.24) is 0 Å². The van der Waals surface area contributed by atoms with Crippen molar-refractivity contribution < 1.29 is 4.79 Å². The van der Waals surface area contributed by atoms with Crippen LogP contribution in [0.4, 0.5) is 0 Å². The van der Waals surface area contributed by atoms with E-state index in [9.17, 15) is 4.79 Å². The van der Waals surface area contributed by atoms with E-state index in [1.165, 1.54) is 70.6 Å². The number of primary amides is 1. The molecule has 0 aromatic heterocycles. The van der Waals surface area contributed by atoms with Gasteiger partial charge in [0.15, 0.2) is 0 Å². The zero-order valence-electron chi connectivity index (χ0n) is 16.7. The van der Waals surface area contributed by atoms with E-state index in [1.54, 1.807) is 0 Å². The molecule has 2 N–H and O–H groups in total. The molecule has 2 nitrogen and oxygen atoms in total. The molecule has 0 aromatic carbocycles. The third kappa shape index (κ3) is 10.9. The van der Waals surface area contributed by atoms with Crippen molar-refractivity contribution in [2.75, 3.05) is 0 Å². The Labute approximate surface area is 151 Å². The average molecular weight is 338 g/mol. The van der Waals surface area contributed by atoms with E-state index in [4.69, 9.17) is 5.73 Å². The van der Waals surface area contributed by atoms with E-state index >= 15 is 0 Å². The van der Waals surface area contributed by atoms with Crippen LogP contribution in [0.15, 0.2) is 12.2 Å². The van der Waals surface area contributed by atoms with Gasteiger partial charge in [0.25, 0.3) is 0 Å². The van der Waals surface area contributed by atoms with E-state index in [1.807, 2.05) is 0 Å². The molecule has 0 spiro atoms. The number of carbonyl (C=O) groups is 1. The minimum Gasteiger partial charge on any atom is -0.369 e. The maximum absolute atomic E-state index is 11.7. The lowest BCUT2D eigenvalue weighted by molar-refractivity contribution is -0.128. The molecule has 0 bridgehead atoms. The van der Waals surface area contributed by atoms with E-state index in [0.717, 1.165) is 25.7 Å². The molecule has 0 fully saturated rings. The monoisotopic (exact) mass is 337 g/mol. The maximum atomic E-state index is 11.7. The Balaban J connectivity index is 3.50. The first kappa shape index (κ1) is 23.2. The Kier molecular flexibility index (Phi) is 15.2. The van der Waals surface area contributed by atoms with Crippen molar-refractivity contribution in [3.05, 3.63) is 12.2 Å². The summed E-state index contributed by atoms with van der Waals surface area (Å²) in [5.74, 6) is -0.106. The molecule has 24 heavy (non-hydrogen) atoms. The van der Waals surface area contributed by atoms with Gasteiger partial charge < -0.3 is 5.73 Å². The van der Waals surface area contributed by atoms with Crippen molar-refractivity contribution in [2.45, 2.75) is 117 Å². The number of rotatable bonds is 17. The van der Waals surface area contributed by atoms with Crippen LogP contribution < -0.4 is 5.73 Å². The van der Waals surface area contributed by atoms with E-state index < -0.39 is 0 Å². The second-order valence-corrected chi connectivity index (χ2v) is 7.33. The summed E-state index contributed by atoms with van der Waals surface area (Å²) >= 11 is 0. The summed E-state index contributed by atoms with van der Waals surface area (Å²) in [7, 11) is 0. The second-order valence-electron chi connectivity index (χ2n) is 7.33. The van der Waals surface area contributed by atoms with E-state index in [2.05, 4.69) is 32.9 Å². The second kappa shape index (κ2) is 15.7. The maximum Gasteiger partial charge on any atom is 0.223 e. The van der Waals surface area contributed by atoms with E-state index in [0.29, 0.717) is 0 Å². The molecule has 2 heteroatoms. The van der Waals surface area contributed by atoms with Crippen molar-refractivity contribution >= 4 is 5.91 Å². The predicted molar refractivity (Wildman–Crippen MR) is 107 cm³/mol. The lowest BCUT2D eigenvalue weighted by atomic mass is 9.77. The molecule has 0 heterocycles. The quantitative estimate of drug-likeness (QED) is 0.227. The molecule has 142 valence electrons. The summed E-state index contributed by atoms with van der Waals surface area (Å²) in [6.07, 6.45) is 23.1. The molecule has 1 amide bonds. The normalized spacial score (nSPS) is 12.1. The number of unbranched alkanes of at least 4 members (excludes halogenated alkanes) is 10. The van der Waals surface area contributed by atoms with Crippen molar-refractivity contribution in [3.8, 4) is 0 Å². The smallest absolute Gasteiger partial charge is 0.223 e. The van der Waals surface area contributed by atoms with Crippen LogP contribution in [0.2, 0.25) is 0 Å². The van der Waals surface area contributed by atoms with Gasteiger partial charge in [-0.3, -0.25) is 4.79 Å². The minimum atomic E-state index is -0.253. The Hall–Kier alpha value is -0.790. The van der Waals surface area contributed by atoms with Gasteiger partial charge in [-0.25, -0.2) is 0 Å². The molecule has 0 unspecified atom stereocenters. The first-order valence-corrected chi connectivity index (χ1v) is 10.6. The van der Waals surface area contributed by atoms with Crippen molar-refractivity contribution in [2.24, 2.45) is 11.1 Å². The van der Waals surface area contributed by atoms with Crippen molar-refractivity contribution in [3.63, 3.8) is 0 Å². The van der Waals surface area contributed by atoms with Gasteiger partial charge in [0.2, 0.25) is 5.91 Å². The van der Waals surface area contributed by atoms with Crippen LogP contribution in [0.1, 0.15) is 117 Å². The third-order valence-corrected chi connectivity index (χ3v) is 5.54. The van der Waals surface area contributed by atoms with Gasteiger partial charge in [-0.05, 0) is 44.9 Å². The van der Waals surface area contributed by atoms with Crippen LogP contribution in [0, 0.1) is 5.41 Å². The largest absolute Gasteiger partial charge is 0.369 e. The molecule has 0 saturated carbocycles. The molecule has 0 radical (unpaired) electrons. The highest BCUT2D eigenvalue weighted by atomic mass is 16.1. The SMILES string of the molecule is CCCCCCCCC=CCCCCCCC(CC)(CC)C(N)=O. The number of carbonyl (C=O) groups excluding carboxylic acids is 1. The fourth-order valence-corrected chi connectivity index (χ4v) is 3.43. The summed E-state index contributed by atoms with van der Waals surface area (Å²) in [5.41, 5.74) is 5.35. The van der Waals surface area contributed by atoms with Crippen LogP contribution in [-0.2, 0) is 4.79 Å². The van der Waals surface area contributed by atoms with Crippen LogP contribution in [0.3, 0.4) is 0 Å². The zero-order chi connectivity index (χ0) is 18.1. The fourth-order valence-electron chi connectivity index (χ4n) is 3.43. The van der Waals surface area contributed by atoms with Crippen molar-refractivity contribution in [1.29, 1.82) is 0 Å². The first-order valence-electron chi connectivity index (χ1n) is 10.6. The highest BCUT2D eigenvalue weighted by Gasteiger charge is 2.31. The van der Waals surface area contributed by atoms with Gasteiger partial charge >= 0.3 is 0 Å². The molecule has 0 saturated heterocycles. The third-order valence-electron chi connectivity index (χ3n) is 5.54. The topological polar surface area (TPSA) is 43.1 Å². The summed E-state index contributed by atoms with van der Waals surface area (Å²) in [5, 5.41) is 0. The van der Waals surface area contributed by atoms with Gasteiger partial charge in [-0.1, -0.05) is 84.3 Å². The summed E-state index contributed by atoms with van der Waals surface area (Å²) < 4.78 is 0. The van der Waals surface area contributed by atoms with Crippen LogP contribution in [0.5, 0.6) is 0 Å². The van der Waals surface area contributed by atoms with Crippen LogP contribution in [-0.4, -0.2) is 5.91 Å². The summed E-state index contributed by atoms with van der Waals surface area (Å²) in [6, 6.07) is 0. The lowest BCUT2D eigenvalue weighted by Crippen LogP contribution is -2.36. The van der Waals surface area contributed by atoms with Crippen LogP contribution in [0.25, 0.3) is 0 Å². The molecule has 0 rings (SSSR count). The lowest BCUT2D eigenvalue weighted by Gasteiger charge is -2.27. The predicted octanol–water partition coefficient (Wildman–Crippen LogP) is 6.93. The zero-order valence-corrected chi connectivity index (χ0v) is 16.7. The summed E-state index contributed by atoms with van der Waals surface area (Å²) in [6.45, 7) is 6.44. The minimum absolute atomic E-state index is 0.106. The first-order chi connectivity index (χ1) is 11.6. The number of hydrogen-bond acceptors (Lipinski definition) is 1. The van der Waals surface area contributed by atoms with Gasteiger partial charge in [0, 0.05) is 5.41 Å². The molecular formula is C22H43NO. The highest BCUT2D eigenvalue weighted by Crippen LogP contribution is 2.32. The molecule has 0 aliphatic rings. The molecule has 0 aliphatic carbocycles. The standard InChI is InChI=1S/C22H43NO/c1-4-7-8-9-10-11-12-13-14-15-16-17-18-19-20-22(5-2,6-3)21(23)24/h13-14H,4-12,15-20H2,1-3H3,(H2,23,24). The molecular weight excluding hydrogens is 294 g/mol. The van der Waals surface area contributed by atoms with Gasteiger partial charge in [-0.2, -0.15) is 0 Å². The Morgan fingerprint density at radius 3 is 1.67 bits per heavy atom. The Morgan fingerprint density at radius 2 is 1.21 bits per heavy atom.